The van der Waals surface area contributed by atoms with Gasteiger partial charge in [-0.2, -0.15) is 0 Å². The molecule has 1 aliphatic heterocycles. The van der Waals surface area contributed by atoms with E-state index in [4.69, 9.17) is 4.98 Å². The zero-order chi connectivity index (χ0) is 25.1. The Morgan fingerprint density at radius 3 is 2.33 bits per heavy atom. The second kappa shape index (κ2) is 10.3. The molecular weight excluding hydrogens is 446 g/mol. The molecule has 1 aliphatic rings. The Bertz CT molecular complexity index is 1410. The van der Waals surface area contributed by atoms with Crippen LogP contribution >= 0.6 is 0 Å². The van der Waals surface area contributed by atoms with Gasteiger partial charge in [-0.1, -0.05) is 66.2 Å². The molecule has 36 heavy (non-hydrogen) atoms. The Balaban J connectivity index is 1.38. The molecular formula is C31H31N3O2. The maximum absolute atomic E-state index is 13.6. The number of hydrogen-bond donors (Lipinski definition) is 0. The van der Waals surface area contributed by atoms with E-state index in [2.05, 4.69) is 18.2 Å². The van der Waals surface area contributed by atoms with Crippen LogP contribution < -0.4 is 0 Å². The highest BCUT2D eigenvalue weighted by molar-refractivity contribution is 5.98. The second-order valence-corrected chi connectivity index (χ2v) is 9.51. The van der Waals surface area contributed by atoms with E-state index >= 15 is 0 Å². The fraction of sp³-hybridized carbons (Fsp3) is 0.258. The number of fused-ring (bicyclic) bond motifs is 1. The van der Waals surface area contributed by atoms with Crippen LogP contribution in [0.3, 0.4) is 0 Å². The summed E-state index contributed by atoms with van der Waals surface area (Å²) in [6.45, 7) is 6.37. The Morgan fingerprint density at radius 1 is 0.806 bits per heavy atom. The van der Waals surface area contributed by atoms with Gasteiger partial charge in [-0.3, -0.25) is 14.6 Å². The summed E-state index contributed by atoms with van der Waals surface area (Å²) in [6, 6.07) is 26.1. The van der Waals surface area contributed by atoms with Crippen LogP contribution in [0.1, 0.15) is 33.6 Å². The molecule has 0 aliphatic carbocycles. The van der Waals surface area contributed by atoms with E-state index < -0.39 is 0 Å². The molecule has 3 aromatic carbocycles. The first kappa shape index (κ1) is 23.7. The molecule has 1 saturated heterocycles. The van der Waals surface area contributed by atoms with Crippen LogP contribution in [0.25, 0.3) is 22.0 Å². The monoisotopic (exact) mass is 477 g/mol. The molecule has 5 heteroatoms. The standard InChI is InChI=1S/C31H31N3O2/c1-22-10-8-13-25(20-22)31(36)34-17-9-16-33(18-19-34)29(35)21-27-23(2)32-28-15-7-6-14-26(28)30(27)24-11-4-3-5-12-24/h3-8,10-15,20H,9,16-19,21H2,1-2H3. The predicted octanol–water partition coefficient (Wildman–Crippen LogP) is 5.44. The van der Waals surface area contributed by atoms with E-state index in [0.29, 0.717) is 38.2 Å². The fourth-order valence-electron chi connectivity index (χ4n) is 5.12. The number of aromatic nitrogens is 1. The van der Waals surface area contributed by atoms with Gasteiger partial charge in [-0.15, -0.1) is 0 Å². The third kappa shape index (κ3) is 4.87. The van der Waals surface area contributed by atoms with E-state index in [1.54, 1.807) is 0 Å². The van der Waals surface area contributed by atoms with E-state index in [9.17, 15) is 9.59 Å². The molecule has 0 radical (unpaired) electrons. The molecule has 1 fully saturated rings. The van der Waals surface area contributed by atoms with Crippen LogP contribution in [0.4, 0.5) is 0 Å². The molecule has 1 aromatic heterocycles. The van der Waals surface area contributed by atoms with Crippen molar-refractivity contribution in [2.45, 2.75) is 26.7 Å². The van der Waals surface area contributed by atoms with E-state index in [-0.39, 0.29) is 11.8 Å². The van der Waals surface area contributed by atoms with Crippen molar-refractivity contribution in [2.24, 2.45) is 0 Å². The molecule has 0 atom stereocenters. The van der Waals surface area contributed by atoms with Crippen molar-refractivity contribution in [1.29, 1.82) is 0 Å². The molecule has 2 heterocycles. The van der Waals surface area contributed by atoms with Crippen LogP contribution in [0.2, 0.25) is 0 Å². The number of aryl methyl sites for hydroxylation is 2. The van der Waals surface area contributed by atoms with Crippen LogP contribution in [0.15, 0.2) is 78.9 Å². The lowest BCUT2D eigenvalue weighted by Gasteiger charge is -2.23. The van der Waals surface area contributed by atoms with Gasteiger partial charge in [0.2, 0.25) is 5.91 Å². The lowest BCUT2D eigenvalue weighted by atomic mass is 9.92. The highest BCUT2D eigenvalue weighted by Gasteiger charge is 2.25. The number of carbonyl (C=O) groups is 2. The minimum Gasteiger partial charge on any atom is -0.341 e. The summed E-state index contributed by atoms with van der Waals surface area (Å²) < 4.78 is 0. The molecule has 5 rings (SSSR count). The smallest absolute Gasteiger partial charge is 0.253 e. The Morgan fingerprint density at radius 2 is 1.53 bits per heavy atom. The zero-order valence-electron chi connectivity index (χ0n) is 20.9. The quantitative estimate of drug-likeness (QED) is 0.394. The molecule has 5 nitrogen and oxygen atoms in total. The topological polar surface area (TPSA) is 53.5 Å². The average molecular weight is 478 g/mol. The summed E-state index contributed by atoms with van der Waals surface area (Å²) in [5.74, 6) is 0.117. The summed E-state index contributed by atoms with van der Waals surface area (Å²) >= 11 is 0. The van der Waals surface area contributed by atoms with Crippen molar-refractivity contribution >= 4 is 22.7 Å². The van der Waals surface area contributed by atoms with Gasteiger partial charge < -0.3 is 9.80 Å². The van der Waals surface area contributed by atoms with Crippen LogP contribution in [0, 0.1) is 13.8 Å². The van der Waals surface area contributed by atoms with E-state index in [1.165, 1.54) is 0 Å². The summed E-state index contributed by atoms with van der Waals surface area (Å²) in [6.07, 6.45) is 1.06. The lowest BCUT2D eigenvalue weighted by Crippen LogP contribution is -2.38. The van der Waals surface area contributed by atoms with Crippen LogP contribution in [-0.2, 0) is 11.2 Å². The molecule has 4 aromatic rings. The van der Waals surface area contributed by atoms with Crippen LogP contribution in [-0.4, -0.2) is 52.8 Å². The molecule has 182 valence electrons. The van der Waals surface area contributed by atoms with Crippen LogP contribution in [0.5, 0.6) is 0 Å². The van der Waals surface area contributed by atoms with Gasteiger partial charge in [0, 0.05) is 42.8 Å². The number of hydrogen-bond acceptors (Lipinski definition) is 3. The first-order chi connectivity index (χ1) is 17.5. The summed E-state index contributed by atoms with van der Waals surface area (Å²) in [4.78, 5) is 35.3. The first-order valence-electron chi connectivity index (χ1n) is 12.6. The third-order valence-corrected chi connectivity index (χ3v) is 6.99. The maximum Gasteiger partial charge on any atom is 0.253 e. The number of nitrogens with zero attached hydrogens (tertiary/aromatic N) is 3. The van der Waals surface area contributed by atoms with Crippen molar-refractivity contribution in [3.8, 4) is 11.1 Å². The van der Waals surface area contributed by atoms with Gasteiger partial charge in [0.25, 0.3) is 5.91 Å². The molecule has 0 N–H and O–H groups in total. The largest absolute Gasteiger partial charge is 0.341 e. The summed E-state index contributed by atoms with van der Waals surface area (Å²) in [5.41, 5.74) is 6.74. The number of para-hydroxylation sites is 1. The highest BCUT2D eigenvalue weighted by atomic mass is 16.2. The normalized spacial score (nSPS) is 14.1. The molecule has 0 saturated carbocycles. The second-order valence-electron chi connectivity index (χ2n) is 9.51. The van der Waals surface area contributed by atoms with E-state index in [1.807, 2.05) is 84.3 Å². The highest BCUT2D eigenvalue weighted by Crippen LogP contribution is 2.33. The average Bonchev–Trinajstić information content (AvgIpc) is 3.16. The SMILES string of the molecule is Cc1cccc(C(=O)N2CCCN(C(=O)Cc3c(C)nc4ccccc4c3-c3ccccc3)CC2)c1. The van der Waals surface area contributed by atoms with Gasteiger partial charge in [-0.05, 0) is 55.2 Å². The van der Waals surface area contributed by atoms with Gasteiger partial charge in [0.05, 0.1) is 11.9 Å². The number of carbonyl (C=O) groups excluding carboxylic acids is 2. The molecule has 0 bridgehead atoms. The van der Waals surface area contributed by atoms with Crippen molar-refractivity contribution < 1.29 is 9.59 Å². The molecule has 0 spiro atoms. The minimum atomic E-state index is 0.0361. The first-order valence-corrected chi connectivity index (χ1v) is 12.6. The van der Waals surface area contributed by atoms with Crippen molar-refractivity contribution in [3.05, 3.63) is 101 Å². The molecule has 0 unspecified atom stereocenters. The van der Waals surface area contributed by atoms with E-state index in [0.717, 1.165) is 45.3 Å². The van der Waals surface area contributed by atoms with Gasteiger partial charge >= 0.3 is 0 Å². The molecule has 2 amide bonds. The fourth-order valence-corrected chi connectivity index (χ4v) is 5.12. The number of rotatable bonds is 4. The number of pyridine rings is 1. The Labute approximate surface area is 212 Å². The van der Waals surface area contributed by atoms with Crippen molar-refractivity contribution in [3.63, 3.8) is 0 Å². The number of benzene rings is 3. The van der Waals surface area contributed by atoms with Gasteiger partial charge in [-0.25, -0.2) is 0 Å². The van der Waals surface area contributed by atoms with Gasteiger partial charge in [0.15, 0.2) is 0 Å². The zero-order valence-corrected chi connectivity index (χ0v) is 20.9. The predicted molar refractivity (Wildman–Crippen MR) is 144 cm³/mol. The minimum absolute atomic E-state index is 0.0361. The Kier molecular flexibility index (Phi) is 6.81. The maximum atomic E-state index is 13.6. The lowest BCUT2D eigenvalue weighted by molar-refractivity contribution is -0.130. The van der Waals surface area contributed by atoms with Gasteiger partial charge in [0.1, 0.15) is 0 Å². The van der Waals surface area contributed by atoms with Crippen molar-refractivity contribution in [2.75, 3.05) is 26.2 Å². The third-order valence-electron chi connectivity index (χ3n) is 6.99. The van der Waals surface area contributed by atoms with Crippen molar-refractivity contribution in [1.82, 2.24) is 14.8 Å². The summed E-state index contributed by atoms with van der Waals surface area (Å²) in [7, 11) is 0. The summed E-state index contributed by atoms with van der Waals surface area (Å²) in [5, 5.41) is 1.06. The number of amides is 2. The Hall–Kier alpha value is -3.99.